The summed E-state index contributed by atoms with van der Waals surface area (Å²) >= 11 is 0. The fourth-order valence-electron chi connectivity index (χ4n) is 2.35. The second kappa shape index (κ2) is 6.03. The summed E-state index contributed by atoms with van der Waals surface area (Å²) in [5.74, 6) is 0. The van der Waals surface area contributed by atoms with Crippen LogP contribution in [0.5, 0.6) is 0 Å². The van der Waals surface area contributed by atoms with Crippen molar-refractivity contribution in [1.29, 1.82) is 0 Å². The van der Waals surface area contributed by atoms with Crippen molar-refractivity contribution in [3.8, 4) is 0 Å². The SMILES string of the molecule is CCOCCCN1c2ccccc2CCC1O. The third-order valence-electron chi connectivity index (χ3n) is 3.22. The van der Waals surface area contributed by atoms with Crippen molar-refractivity contribution in [3.05, 3.63) is 29.8 Å². The minimum Gasteiger partial charge on any atom is -0.382 e. The average molecular weight is 235 g/mol. The maximum atomic E-state index is 10.1. The summed E-state index contributed by atoms with van der Waals surface area (Å²) in [6, 6.07) is 8.34. The fourth-order valence-corrected chi connectivity index (χ4v) is 2.35. The molecule has 1 heterocycles. The second-order valence-corrected chi connectivity index (χ2v) is 4.39. The number of benzene rings is 1. The van der Waals surface area contributed by atoms with Gasteiger partial charge >= 0.3 is 0 Å². The van der Waals surface area contributed by atoms with Gasteiger partial charge in [-0.1, -0.05) is 18.2 Å². The smallest absolute Gasteiger partial charge is 0.127 e. The van der Waals surface area contributed by atoms with Gasteiger partial charge in [-0.05, 0) is 37.8 Å². The van der Waals surface area contributed by atoms with Crippen molar-refractivity contribution in [2.45, 2.75) is 32.4 Å². The van der Waals surface area contributed by atoms with Gasteiger partial charge in [0.2, 0.25) is 0 Å². The quantitative estimate of drug-likeness (QED) is 0.794. The first-order valence-electron chi connectivity index (χ1n) is 6.43. The summed E-state index contributed by atoms with van der Waals surface area (Å²) in [6.45, 7) is 4.39. The van der Waals surface area contributed by atoms with Crippen LogP contribution in [0, 0.1) is 0 Å². The molecule has 17 heavy (non-hydrogen) atoms. The second-order valence-electron chi connectivity index (χ2n) is 4.39. The molecule has 3 heteroatoms. The Hall–Kier alpha value is -1.06. The number of nitrogens with zero attached hydrogens (tertiary/aromatic N) is 1. The van der Waals surface area contributed by atoms with Crippen molar-refractivity contribution >= 4 is 5.69 Å². The van der Waals surface area contributed by atoms with Gasteiger partial charge in [0.05, 0.1) is 0 Å². The van der Waals surface area contributed by atoms with Crippen molar-refractivity contribution in [3.63, 3.8) is 0 Å². The molecule has 1 aromatic carbocycles. The monoisotopic (exact) mass is 235 g/mol. The number of aliphatic hydroxyl groups is 1. The maximum Gasteiger partial charge on any atom is 0.127 e. The van der Waals surface area contributed by atoms with Gasteiger partial charge in [0.15, 0.2) is 0 Å². The number of rotatable bonds is 5. The van der Waals surface area contributed by atoms with Crippen LogP contribution in [-0.4, -0.2) is 31.1 Å². The molecule has 0 aromatic heterocycles. The minimum absolute atomic E-state index is 0.341. The lowest BCUT2D eigenvalue weighted by Crippen LogP contribution is -2.40. The zero-order valence-corrected chi connectivity index (χ0v) is 10.4. The molecule has 1 atom stereocenters. The van der Waals surface area contributed by atoms with Gasteiger partial charge in [-0.15, -0.1) is 0 Å². The number of hydrogen-bond acceptors (Lipinski definition) is 3. The molecule has 1 aliphatic heterocycles. The van der Waals surface area contributed by atoms with E-state index in [9.17, 15) is 5.11 Å². The molecule has 0 saturated heterocycles. The molecule has 0 radical (unpaired) electrons. The molecule has 0 bridgehead atoms. The highest BCUT2D eigenvalue weighted by molar-refractivity contribution is 5.55. The molecule has 0 amide bonds. The predicted octanol–water partition coefficient (Wildman–Crippen LogP) is 2.18. The van der Waals surface area contributed by atoms with Crippen LogP contribution in [0.25, 0.3) is 0 Å². The van der Waals surface area contributed by atoms with E-state index < -0.39 is 0 Å². The largest absolute Gasteiger partial charge is 0.382 e. The van der Waals surface area contributed by atoms with Crippen molar-refractivity contribution < 1.29 is 9.84 Å². The summed E-state index contributed by atoms with van der Waals surface area (Å²) in [4.78, 5) is 2.10. The lowest BCUT2D eigenvalue weighted by molar-refractivity contribution is 0.131. The lowest BCUT2D eigenvalue weighted by atomic mass is 10.0. The van der Waals surface area contributed by atoms with Crippen LogP contribution in [0.4, 0.5) is 5.69 Å². The van der Waals surface area contributed by atoms with E-state index in [2.05, 4.69) is 23.1 Å². The summed E-state index contributed by atoms with van der Waals surface area (Å²) in [6.07, 6.45) is 2.41. The molecule has 1 N–H and O–H groups in total. The van der Waals surface area contributed by atoms with Crippen LogP contribution in [0.2, 0.25) is 0 Å². The lowest BCUT2D eigenvalue weighted by Gasteiger charge is -2.35. The van der Waals surface area contributed by atoms with Crippen molar-refractivity contribution in [2.24, 2.45) is 0 Å². The number of para-hydroxylation sites is 1. The predicted molar refractivity (Wildman–Crippen MR) is 69.2 cm³/mol. The van der Waals surface area contributed by atoms with Crippen LogP contribution in [-0.2, 0) is 11.2 Å². The van der Waals surface area contributed by atoms with Crippen molar-refractivity contribution in [2.75, 3.05) is 24.7 Å². The first kappa shape index (κ1) is 12.4. The van der Waals surface area contributed by atoms with E-state index in [-0.39, 0.29) is 6.23 Å². The molecule has 0 saturated carbocycles. The minimum atomic E-state index is -0.341. The molecule has 1 aliphatic rings. The van der Waals surface area contributed by atoms with E-state index in [4.69, 9.17) is 4.74 Å². The number of aryl methyl sites for hydroxylation is 1. The summed E-state index contributed by atoms with van der Waals surface area (Å²) in [7, 11) is 0. The fraction of sp³-hybridized carbons (Fsp3) is 0.571. The van der Waals surface area contributed by atoms with Gasteiger partial charge in [0.25, 0.3) is 0 Å². The molecule has 0 aliphatic carbocycles. The van der Waals surface area contributed by atoms with Gasteiger partial charge in [0.1, 0.15) is 6.23 Å². The van der Waals surface area contributed by atoms with Crippen LogP contribution < -0.4 is 4.90 Å². The van der Waals surface area contributed by atoms with Gasteiger partial charge < -0.3 is 14.7 Å². The summed E-state index contributed by atoms with van der Waals surface area (Å²) < 4.78 is 5.34. The zero-order valence-electron chi connectivity index (χ0n) is 10.4. The molecule has 0 fully saturated rings. The summed E-state index contributed by atoms with van der Waals surface area (Å²) in [5.41, 5.74) is 2.52. The van der Waals surface area contributed by atoms with Gasteiger partial charge in [-0.25, -0.2) is 0 Å². The average Bonchev–Trinajstić information content (AvgIpc) is 2.37. The van der Waals surface area contributed by atoms with Crippen LogP contribution in [0.1, 0.15) is 25.3 Å². The van der Waals surface area contributed by atoms with Crippen LogP contribution in [0.3, 0.4) is 0 Å². The number of hydrogen-bond donors (Lipinski definition) is 1. The topological polar surface area (TPSA) is 32.7 Å². The number of aliphatic hydroxyl groups excluding tert-OH is 1. The third-order valence-corrected chi connectivity index (χ3v) is 3.22. The number of fused-ring (bicyclic) bond motifs is 1. The van der Waals surface area contributed by atoms with E-state index in [1.54, 1.807) is 0 Å². The molecule has 1 unspecified atom stereocenters. The van der Waals surface area contributed by atoms with E-state index in [1.807, 2.05) is 13.0 Å². The van der Waals surface area contributed by atoms with E-state index in [0.717, 1.165) is 39.0 Å². The Morgan fingerprint density at radius 1 is 1.41 bits per heavy atom. The van der Waals surface area contributed by atoms with E-state index in [0.29, 0.717) is 0 Å². The van der Waals surface area contributed by atoms with Gasteiger partial charge in [-0.3, -0.25) is 0 Å². The molecule has 94 valence electrons. The highest BCUT2D eigenvalue weighted by Crippen LogP contribution is 2.29. The number of ether oxygens (including phenoxy) is 1. The maximum absolute atomic E-state index is 10.1. The molecular formula is C14H21NO2. The van der Waals surface area contributed by atoms with Crippen LogP contribution >= 0.6 is 0 Å². The Morgan fingerprint density at radius 2 is 2.24 bits per heavy atom. The highest BCUT2D eigenvalue weighted by atomic mass is 16.5. The molecular weight excluding hydrogens is 214 g/mol. The Labute approximate surface area is 103 Å². The first-order chi connectivity index (χ1) is 8.33. The number of anilines is 1. The van der Waals surface area contributed by atoms with Gasteiger partial charge in [0, 0.05) is 25.4 Å². The van der Waals surface area contributed by atoms with E-state index in [1.165, 1.54) is 11.3 Å². The molecule has 1 aromatic rings. The Morgan fingerprint density at radius 3 is 3.06 bits per heavy atom. The van der Waals surface area contributed by atoms with Crippen molar-refractivity contribution in [1.82, 2.24) is 0 Å². The highest BCUT2D eigenvalue weighted by Gasteiger charge is 2.23. The molecule has 3 nitrogen and oxygen atoms in total. The standard InChI is InChI=1S/C14H21NO2/c1-2-17-11-5-10-15-13-7-4-3-6-12(13)8-9-14(15)16/h3-4,6-7,14,16H,2,5,8-11H2,1H3. The normalized spacial score (nSPS) is 19.2. The zero-order chi connectivity index (χ0) is 12.1. The van der Waals surface area contributed by atoms with Crippen LogP contribution in [0.15, 0.2) is 24.3 Å². The van der Waals surface area contributed by atoms with E-state index >= 15 is 0 Å². The summed E-state index contributed by atoms with van der Waals surface area (Å²) in [5, 5.41) is 10.1. The Balaban J connectivity index is 2.00. The Kier molecular flexibility index (Phi) is 4.40. The molecule has 0 spiro atoms. The van der Waals surface area contributed by atoms with Gasteiger partial charge in [-0.2, -0.15) is 0 Å². The first-order valence-corrected chi connectivity index (χ1v) is 6.43. The molecule has 2 rings (SSSR count). The third kappa shape index (κ3) is 2.99. The Bertz CT molecular complexity index is 354.